The number of fused-ring (bicyclic) bond motifs is 1. The SMILES string of the molecule is CCOC(=O)COCCN1CCCc2ccccc2C1. The number of aryl methyl sites for hydroxylation is 1. The predicted octanol–water partition coefficient (Wildman–Crippen LogP) is 2.01. The Morgan fingerprint density at radius 2 is 2.10 bits per heavy atom. The number of nitrogens with zero attached hydrogens (tertiary/aromatic N) is 1. The molecule has 0 bridgehead atoms. The summed E-state index contributed by atoms with van der Waals surface area (Å²) in [6.45, 7) is 5.74. The van der Waals surface area contributed by atoms with Crippen LogP contribution in [-0.4, -0.2) is 43.8 Å². The average Bonchev–Trinajstić information content (AvgIpc) is 2.65. The van der Waals surface area contributed by atoms with Crippen molar-refractivity contribution in [2.45, 2.75) is 26.3 Å². The van der Waals surface area contributed by atoms with Crippen molar-refractivity contribution in [1.82, 2.24) is 4.90 Å². The summed E-state index contributed by atoms with van der Waals surface area (Å²) in [6, 6.07) is 8.62. The monoisotopic (exact) mass is 277 g/mol. The van der Waals surface area contributed by atoms with Gasteiger partial charge in [0.1, 0.15) is 6.61 Å². The molecule has 0 amide bonds. The Kier molecular flexibility index (Phi) is 6.02. The molecule has 0 spiro atoms. The molecule has 0 unspecified atom stereocenters. The highest BCUT2D eigenvalue weighted by Gasteiger charge is 2.13. The van der Waals surface area contributed by atoms with Gasteiger partial charge in [0.25, 0.3) is 0 Å². The van der Waals surface area contributed by atoms with Crippen LogP contribution in [0.25, 0.3) is 0 Å². The molecule has 0 saturated carbocycles. The standard InChI is InChI=1S/C16H23NO3/c1-2-20-16(18)13-19-11-10-17-9-5-8-14-6-3-4-7-15(14)12-17/h3-4,6-7H,2,5,8-13H2,1H3. The van der Waals surface area contributed by atoms with Crippen LogP contribution < -0.4 is 0 Å². The van der Waals surface area contributed by atoms with E-state index in [4.69, 9.17) is 9.47 Å². The van der Waals surface area contributed by atoms with Gasteiger partial charge in [-0.2, -0.15) is 0 Å². The maximum Gasteiger partial charge on any atom is 0.332 e. The molecule has 1 aliphatic heterocycles. The van der Waals surface area contributed by atoms with Gasteiger partial charge in [0.15, 0.2) is 0 Å². The number of hydrogen-bond donors (Lipinski definition) is 0. The molecule has 0 aromatic heterocycles. The normalized spacial score (nSPS) is 15.4. The smallest absolute Gasteiger partial charge is 0.332 e. The molecule has 0 fully saturated rings. The molecule has 1 aromatic rings. The van der Waals surface area contributed by atoms with Gasteiger partial charge in [-0.15, -0.1) is 0 Å². The number of carbonyl (C=O) groups is 1. The quantitative estimate of drug-likeness (QED) is 0.589. The Labute approximate surface area is 120 Å². The lowest BCUT2D eigenvalue weighted by molar-refractivity contribution is -0.148. The summed E-state index contributed by atoms with van der Waals surface area (Å²) in [5.41, 5.74) is 2.87. The minimum Gasteiger partial charge on any atom is -0.464 e. The van der Waals surface area contributed by atoms with E-state index in [0.29, 0.717) is 13.2 Å². The van der Waals surface area contributed by atoms with Gasteiger partial charge in [-0.3, -0.25) is 4.90 Å². The molecule has 1 aromatic carbocycles. The third-order valence-electron chi connectivity index (χ3n) is 3.51. The molecule has 0 radical (unpaired) electrons. The predicted molar refractivity (Wildman–Crippen MR) is 77.5 cm³/mol. The van der Waals surface area contributed by atoms with Crippen molar-refractivity contribution < 1.29 is 14.3 Å². The first-order valence-corrected chi connectivity index (χ1v) is 7.32. The summed E-state index contributed by atoms with van der Waals surface area (Å²) in [5.74, 6) is -0.284. The highest BCUT2D eigenvalue weighted by molar-refractivity contribution is 5.70. The highest BCUT2D eigenvalue weighted by atomic mass is 16.6. The van der Waals surface area contributed by atoms with Crippen LogP contribution in [0.3, 0.4) is 0 Å². The minimum atomic E-state index is -0.284. The second-order valence-corrected chi connectivity index (χ2v) is 5.01. The van der Waals surface area contributed by atoms with Crippen molar-refractivity contribution in [3.63, 3.8) is 0 Å². The molecule has 1 heterocycles. The zero-order valence-electron chi connectivity index (χ0n) is 12.1. The van der Waals surface area contributed by atoms with Gasteiger partial charge < -0.3 is 9.47 Å². The van der Waals surface area contributed by atoms with Gasteiger partial charge >= 0.3 is 5.97 Å². The largest absolute Gasteiger partial charge is 0.464 e. The van der Waals surface area contributed by atoms with Crippen molar-refractivity contribution in [3.8, 4) is 0 Å². The number of ether oxygens (including phenoxy) is 2. The Morgan fingerprint density at radius 3 is 2.90 bits per heavy atom. The summed E-state index contributed by atoms with van der Waals surface area (Å²) in [6.07, 6.45) is 2.32. The molecule has 1 aliphatic rings. The molecule has 4 nitrogen and oxygen atoms in total. The number of carbonyl (C=O) groups excluding carboxylic acids is 1. The van der Waals surface area contributed by atoms with Crippen LogP contribution in [0.15, 0.2) is 24.3 Å². The zero-order valence-corrected chi connectivity index (χ0v) is 12.1. The summed E-state index contributed by atoms with van der Waals surface area (Å²) in [5, 5.41) is 0. The van der Waals surface area contributed by atoms with Gasteiger partial charge in [-0.25, -0.2) is 4.79 Å². The van der Waals surface area contributed by atoms with E-state index >= 15 is 0 Å². The van der Waals surface area contributed by atoms with Crippen molar-refractivity contribution in [1.29, 1.82) is 0 Å². The second kappa shape index (κ2) is 8.02. The van der Waals surface area contributed by atoms with E-state index in [1.807, 2.05) is 0 Å². The topological polar surface area (TPSA) is 38.8 Å². The lowest BCUT2D eigenvalue weighted by Gasteiger charge is -2.20. The van der Waals surface area contributed by atoms with E-state index < -0.39 is 0 Å². The van der Waals surface area contributed by atoms with Gasteiger partial charge in [0.05, 0.1) is 13.2 Å². The molecule has 0 atom stereocenters. The maximum atomic E-state index is 11.2. The molecule has 0 N–H and O–H groups in total. The van der Waals surface area contributed by atoms with Crippen LogP contribution in [-0.2, 0) is 27.2 Å². The van der Waals surface area contributed by atoms with E-state index in [0.717, 1.165) is 26.1 Å². The fourth-order valence-electron chi connectivity index (χ4n) is 2.51. The summed E-state index contributed by atoms with van der Waals surface area (Å²) in [7, 11) is 0. The van der Waals surface area contributed by atoms with E-state index in [2.05, 4.69) is 29.2 Å². The molecule has 2 rings (SSSR count). The Morgan fingerprint density at radius 1 is 1.30 bits per heavy atom. The molecular formula is C16H23NO3. The van der Waals surface area contributed by atoms with Crippen molar-refractivity contribution in [3.05, 3.63) is 35.4 Å². The van der Waals surface area contributed by atoms with Crippen LogP contribution in [0.4, 0.5) is 0 Å². The van der Waals surface area contributed by atoms with Gasteiger partial charge in [0.2, 0.25) is 0 Å². The van der Waals surface area contributed by atoms with Gasteiger partial charge in [-0.05, 0) is 37.4 Å². The summed E-state index contributed by atoms with van der Waals surface area (Å²) in [4.78, 5) is 13.5. The van der Waals surface area contributed by atoms with Crippen LogP contribution >= 0.6 is 0 Å². The molecule has 4 heteroatoms. The van der Waals surface area contributed by atoms with Crippen LogP contribution in [0, 0.1) is 0 Å². The molecular weight excluding hydrogens is 254 g/mol. The number of benzene rings is 1. The van der Waals surface area contributed by atoms with Crippen molar-refractivity contribution in [2.75, 3.05) is 32.9 Å². The fraction of sp³-hybridized carbons (Fsp3) is 0.562. The lowest BCUT2D eigenvalue weighted by Crippen LogP contribution is -2.28. The first kappa shape index (κ1) is 15.0. The van der Waals surface area contributed by atoms with E-state index in [9.17, 15) is 4.79 Å². The van der Waals surface area contributed by atoms with E-state index in [1.165, 1.54) is 17.5 Å². The molecule has 110 valence electrons. The summed E-state index contributed by atoms with van der Waals surface area (Å²) < 4.78 is 10.2. The fourth-order valence-corrected chi connectivity index (χ4v) is 2.51. The van der Waals surface area contributed by atoms with Gasteiger partial charge in [0, 0.05) is 13.1 Å². The van der Waals surface area contributed by atoms with Crippen LogP contribution in [0.1, 0.15) is 24.5 Å². The Hall–Kier alpha value is -1.39. The number of hydrogen-bond acceptors (Lipinski definition) is 4. The van der Waals surface area contributed by atoms with Crippen LogP contribution in [0.5, 0.6) is 0 Å². The Bertz CT molecular complexity index is 433. The molecule has 0 aliphatic carbocycles. The highest BCUT2D eigenvalue weighted by Crippen LogP contribution is 2.17. The van der Waals surface area contributed by atoms with Crippen molar-refractivity contribution in [2.24, 2.45) is 0 Å². The third kappa shape index (κ3) is 4.62. The average molecular weight is 277 g/mol. The zero-order chi connectivity index (χ0) is 14.2. The molecule has 20 heavy (non-hydrogen) atoms. The summed E-state index contributed by atoms with van der Waals surface area (Å²) >= 11 is 0. The maximum absolute atomic E-state index is 11.2. The lowest BCUT2D eigenvalue weighted by atomic mass is 10.0. The Balaban J connectivity index is 1.73. The van der Waals surface area contributed by atoms with Crippen LogP contribution in [0.2, 0.25) is 0 Å². The first-order chi connectivity index (χ1) is 9.79. The van der Waals surface area contributed by atoms with E-state index in [-0.39, 0.29) is 12.6 Å². The molecule has 0 saturated heterocycles. The first-order valence-electron chi connectivity index (χ1n) is 7.32. The number of esters is 1. The second-order valence-electron chi connectivity index (χ2n) is 5.01. The number of rotatable bonds is 6. The minimum absolute atomic E-state index is 0.0538. The van der Waals surface area contributed by atoms with Crippen molar-refractivity contribution >= 4 is 5.97 Å². The van der Waals surface area contributed by atoms with E-state index in [1.54, 1.807) is 6.92 Å². The third-order valence-corrected chi connectivity index (χ3v) is 3.51. The van der Waals surface area contributed by atoms with Gasteiger partial charge in [-0.1, -0.05) is 24.3 Å².